The van der Waals surface area contributed by atoms with Crippen molar-refractivity contribution in [2.24, 2.45) is 0 Å². The van der Waals surface area contributed by atoms with Crippen LogP contribution in [0.4, 0.5) is 26.3 Å². The Morgan fingerprint density at radius 2 is 1.50 bits per heavy atom. The highest BCUT2D eigenvalue weighted by Crippen LogP contribution is 2.33. The largest absolute Gasteiger partial charge is 0.382 e. The molecule has 2 saturated heterocycles. The lowest BCUT2D eigenvalue weighted by Gasteiger charge is -2.43. The third kappa shape index (κ3) is 8.74. The summed E-state index contributed by atoms with van der Waals surface area (Å²) in [4.78, 5) is 20.0. The highest BCUT2D eigenvalue weighted by molar-refractivity contribution is 5.95. The number of carbonyl (C=O) groups excluding carboxylic acids is 1. The van der Waals surface area contributed by atoms with E-state index < -0.39 is 42.2 Å². The highest BCUT2D eigenvalue weighted by atomic mass is 19.3. The lowest BCUT2D eigenvalue weighted by molar-refractivity contribution is -0.0630. The van der Waals surface area contributed by atoms with E-state index in [0.29, 0.717) is 38.8 Å². The number of piperazine rings is 1. The molecule has 4 atom stereocenters. The third-order valence-electron chi connectivity index (χ3n) is 8.48. The number of nitrogens with zero attached hydrogens (tertiary/aromatic N) is 3. The van der Waals surface area contributed by atoms with Crippen LogP contribution in [0.2, 0.25) is 0 Å². The highest BCUT2D eigenvalue weighted by Gasteiger charge is 2.34. The molecular weight excluding hydrogens is 588 g/mol. The number of rotatable bonds is 12. The van der Waals surface area contributed by atoms with Crippen LogP contribution in [0.1, 0.15) is 50.5 Å². The van der Waals surface area contributed by atoms with Crippen LogP contribution in [0.5, 0.6) is 0 Å². The quantitative estimate of drug-likeness (QED) is 0.288. The fraction of sp³-hybridized carbons (Fsp3) is 0.594. The second kappa shape index (κ2) is 15.6. The molecule has 244 valence electrons. The second-order valence-electron chi connectivity index (χ2n) is 11.7. The van der Waals surface area contributed by atoms with E-state index in [1.165, 1.54) is 0 Å². The fourth-order valence-electron chi connectivity index (χ4n) is 5.90. The molecule has 12 heteroatoms. The molecule has 2 aromatic carbocycles. The SMILES string of the molecule is COC[C@@H]1CN(CCN2CCN(C(=O)c3cc(C(F)C(F)F)cc(C(F)C(F)F)c3)[C@H](Cc3ccc(C)c(C)c3)C2)CCO1. The molecule has 2 aromatic rings. The minimum absolute atomic E-state index is 0.00405. The van der Waals surface area contributed by atoms with Gasteiger partial charge in [-0.15, -0.1) is 0 Å². The van der Waals surface area contributed by atoms with Crippen LogP contribution in [0.15, 0.2) is 36.4 Å². The zero-order chi connectivity index (χ0) is 32.0. The number of hydrogen-bond acceptors (Lipinski definition) is 5. The second-order valence-corrected chi connectivity index (χ2v) is 11.7. The summed E-state index contributed by atoms with van der Waals surface area (Å²) in [5.41, 5.74) is 1.50. The van der Waals surface area contributed by atoms with Crippen molar-refractivity contribution in [3.05, 3.63) is 69.8 Å². The maximum atomic E-state index is 14.4. The van der Waals surface area contributed by atoms with Crippen molar-refractivity contribution in [1.82, 2.24) is 14.7 Å². The van der Waals surface area contributed by atoms with Gasteiger partial charge in [0.25, 0.3) is 18.8 Å². The molecule has 0 radical (unpaired) electrons. The first-order valence-electron chi connectivity index (χ1n) is 14.9. The number of halogens is 6. The van der Waals surface area contributed by atoms with Crippen LogP contribution < -0.4 is 0 Å². The molecule has 1 amide bonds. The summed E-state index contributed by atoms with van der Waals surface area (Å²) in [6, 6.07) is 8.18. The predicted octanol–water partition coefficient (Wildman–Crippen LogP) is 5.57. The zero-order valence-electron chi connectivity index (χ0n) is 25.3. The van der Waals surface area contributed by atoms with E-state index >= 15 is 0 Å². The van der Waals surface area contributed by atoms with Crippen molar-refractivity contribution in [2.45, 2.75) is 57.6 Å². The minimum atomic E-state index is -3.46. The van der Waals surface area contributed by atoms with Crippen LogP contribution in [-0.2, 0) is 15.9 Å². The number of alkyl halides is 6. The summed E-state index contributed by atoms with van der Waals surface area (Å²) >= 11 is 0. The van der Waals surface area contributed by atoms with E-state index in [1.54, 1.807) is 12.0 Å². The van der Waals surface area contributed by atoms with E-state index in [0.717, 1.165) is 55.0 Å². The summed E-state index contributed by atoms with van der Waals surface area (Å²) in [7, 11) is 1.64. The Labute approximate surface area is 254 Å². The van der Waals surface area contributed by atoms with E-state index in [2.05, 4.69) is 9.80 Å². The average molecular weight is 630 g/mol. The number of benzene rings is 2. The van der Waals surface area contributed by atoms with Crippen LogP contribution in [-0.4, -0.2) is 112 Å². The minimum Gasteiger partial charge on any atom is -0.382 e. The van der Waals surface area contributed by atoms with Gasteiger partial charge in [-0.05, 0) is 66.3 Å². The monoisotopic (exact) mass is 629 g/mol. The lowest BCUT2D eigenvalue weighted by atomic mass is 9.96. The van der Waals surface area contributed by atoms with Gasteiger partial charge in [0, 0.05) is 64.5 Å². The molecule has 0 saturated carbocycles. The third-order valence-corrected chi connectivity index (χ3v) is 8.48. The number of morpholine rings is 1. The van der Waals surface area contributed by atoms with E-state index in [9.17, 15) is 31.1 Å². The Morgan fingerprint density at radius 3 is 2.09 bits per heavy atom. The molecular formula is C32H41F6N3O3. The van der Waals surface area contributed by atoms with Gasteiger partial charge < -0.3 is 14.4 Å². The van der Waals surface area contributed by atoms with Crippen molar-refractivity contribution >= 4 is 5.91 Å². The molecule has 0 aliphatic carbocycles. The standard InChI is InChI=1S/C32H41F6N3O3/c1-20-4-5-22(12-21(20)2)13-26-17-39(6-7-40-10-11-44-27(18-40)19-43-3)8-9-41(26)32(42)25-15-23(28(33)30(35)36)14-24(16-25)29(34)31(37)38/h4-5,12,14-16,26-31H,6-11,13,17-19H2,1-3H3/t26-,27+,28?,29?/m1/s1. The van der Waals surface area contributed by atoms with Crippen LogP contribution in [0, 0.1) is 13.8 Å². The van der Waals surface area contributed by atoms with Gasteiger partial charge in [0.2, 0.25) is 0 Å². The Morgan fingerprint density at radius 1 is 0.864 bits per heavy atom. The number of aryl methyl sites for hydroxylation is 2. The molecule has 6 nitrogen and oxygen atoms in total. The number of methoxy groups -OCH3 is 1. The molecule has 2 unspecified atom stereocenters. The maximum Gasteiger partial charge on any atom is 0.273 e. The summed E-state index contributed by atoms with van der Waals surface area (Å²) in [5, 5.41) is 0. The van der Waals surface area contributed by atoms with Crippen LogP contribution in [0.3, 0.4) is 0 Å². The van der Waals surface area contributed by atoms with Gasteiger partial charge in [0.05, 0.1) is 19.3 Å². The molecule has 2 aliphatic rings. The first kappa shape index (κ1) is 34.2. The zero-order valence-corrected chi connectivity index (χ0v) is 25.3. The van der Waals surface area contributed by atoms with Crippen molar-refractivity contribution in [2.75, 3.05) is 66.1 Å². The van der Waals surface area contributed by atoms with Crippen molar-refractivity contribution in [3.8, 4) is 0 Å². The normalized spacial score (nSPS) is 21.7. The molecule has 0 bridgehead atoms. The summed E-state index contributed by atoms with van der Waals surface area (Å²) in [6.45, 7) is 9.48. The molecule has 44 heavy (non-hydrogen) atoms. The van der Waals surface area contributed by atoms with Gasteiger partial charge >= 0.3 is 0 Å². The van der Waals surface area contributed by atoms with Gasteiger partial charge in [-0.3, -0.25) is 14.6 Å². The van der Waals surface area contributed by atoms with Crippen LogP contribution in [0.25, 0.3) is 0 Å². The first-order chi connectivity index (χ1) is 21.0. The molecule has 2 aliphatic heterocycles. The summed E-state index contributed by atoms with van der Waals surface area (Å²) in [6.07, 6.45) is -12.1. The number of ether oxygens (including phenoxy) is 2. The summed E-state index contributed by atoms with van der Waals surface area (Å²) in [5.74, 6) is -0.639. The Bertz CT molecular complexity index is 1220. The first-order valence-corrected chi connectivity index (χ1v) is 14.9. The van der Waals surface area contributed by atoms with Gasteiger partial charge in [-0.25, -0.2) is 26.3 Å². The molecule has 2 fully saturated rings. The lowest BCUT2D eigenvalue weighted by Crippen LogP contribution is -2.57. The summed E-state index contributed by atoms with van der Waals surface area (Å²) < 4.78 is 92.6. The van der Waals surface area contributed by atoms with Gasteiger partial charge in [-0.2, -0.15) is 0 Å². The molecule has 4 rings (SSSR count). The smallest absolute Gasteiger partial charge is 0.273 e. The Balaban J connectivity index is 1.57. The number of carbonyl (C=O) groups is 1. The predicted molar refractivity (Wildman–Crippen MR) is 155 cm³/mol. The molecule has 0 N–H and O–H groups in total. The van der Waals surface area contributed by atoms with Crippen molar-refractivity contribution in [1.29, 1.82) is 0 Å². The van der Waals surface area contributed by atoms with Crippen molar-refractivity contribution < 1.29 is 40.6 Å². The molecule has 0 aromatic heterocycles. The maximum absolute atomic E-state index is 14.4. The van der Waals surface area contributed by atoms with Gasteiger partial charge in [0.1, 0.15) is 0 Å². The van der Waals surface area contributed by atoms with Crippen molar-refractivity contribution in [3.63, 3.8) is 0 Å². The number of amides is 1. The number of hydrogen-bond donors (Lipinski definition) is 0. The fourth-order valence-corrected chi connectivity index (χ4v) is 5.90. The van der Waals surface area contributed by atoms with E-state index in [4.69, 9.17) is 9.47 Å². The van der Waals surface area contributed by atoms with E-state index in [1.807, 2.05) is 32.0 Å². The Kier molecular flexibility index (Phi) is 12.1. The molecule has 0 spiro atoms. The van der Waals surface area contributed by atoms with Gasteiger partial charge in [-0.1, -0.05) is 18.2 Å². The topological polar surface area (TPSA) is 45.2 Å². The Hall–Kier alpha value is -2.67. The van der Waals surface area contributed by atoms with Crippen LogP contribution >= 0.6 is 0 Å². The van der Waals surface area contributed by atoms with Gasteiger partial charge in [0.15, 0.2) is 12.3 Å². The van der Waals surface area contributed by atoms with E-state index in [-0.39, 0.29) is 24.3 Å². The average Bonchev–Trinajstić information content (AvgIpc) is 3.01. The molecule has 2 heterocycles.